The van der Waals surface area contributed by atoms with Gasteiger partial charge in [0.15, 0.2) is 5.69 Å². The van der Waals surface area contributed by atoms with Crippen LogP contribution in [0, 0.1) is 6.92 Å². The van der Waals surface area contributed by atoms with Crippen molar-refractivity contribution >= 4 is 23.5 Å². The van der Waals surface area contributed by atoms with Gasteiger partial charge in [0, 0.05) is 18.1 Å². The maximum atomic E-state index is 12.7. The first kappa shape index (κ1) is 17.4. The molecule has 25 heavy (non-hydrogen) atoms. The zero-order valence-corrected chi connectivity index (χ0v) is 14.3. The number of benzene rings is 1. The van der Waals surface area contributed by atoms with Crippen LogP contribution in [-0.2, 0) is 9.53 Å². The first-order chi connectivity index (χ1) is 12.0. The molecular formula is C16H17ClN4O4. The predicted molar refractivity (Wildman–Crippen MR) is 89.0 cm³/mol. The van der Waals surface area contributed by atoms with Crippen LogP contribution in [0.25, 0.3) is 5.69 Å². The molecule has 0 aliphatic carbocycles. The highest BCUT2D eigenvalue weighted by Crippen LogP contribution is 2.18. The summed E-state index contributed by atoms with van der Waals surface area (Å²) in [5, 5.41) is 17.5. The minimum atomic E-state index is -0.956. The van der Waals surface area contributed by atoms with Crippen molar-refractivity contribution in [3.63, 3.8) is 0 Å². The molecule has 0 radical (unpaired) electrons. The molecule has 1 aliphatic rings. The third kappa shape index (κ3) is 3.80. The summed E-state index contributed by atoms with van der Waals surface area (Å²) >= 11 is 6.00. The average Bonchev–Trinajstić information content (AvgIpc) is 2.95. The van der Waals surface area contributed by atoms with E-state index in [0.717, 1.165) is 0 Å². The van der Waals surface area contributed by atoms with Crippen LogP contribution in [0.2, 0.25) is 5.02 Å². The van der Waals surface area contributed by atoms with Crippen LogP contribution in [0.3, 0.4) is 0 Å². The molecule has 0 bridgehead atoms. The van der Waals surface area contributed by atoms with Crippen molar-refractivity contribution in [2.45, 2.75) is 19.4 Å². The van der Waals surface area contributed by atoms with Gasteiger partial charge < -0.3 is 14.7 Å². The van der Waals surface area contributed by atoms with Crippen LogP contribution in [0.15, 0.2) is 24.3 Å². The van der Waals surface area contributed by atoms with Crippen LogP contribution in [0.1, 0.15) is 22.6 Å². The molecule has 1 N–H and O–H groups in total. The van der Waals surface area contributed by atoms with Gasteiger partial charge in [-0.3, -0.25) is 9.59 Å². The van der Waals surface area contributed by atoms with Gasteiger partial charge in [0.25, 0.3) is 5.91 Å². The number of carboxylic acids is 1. The Morgan fingerprint density at radius 1 is 1.44 bits per heavy atom. The van der Waals surface area contributed by atoms with Crippen molar-refractivity contribution in [3.05, 3.63) is 40.7 Å². The number of ether oxygens (including phenoxy) is 1. The summed E-state index contributed by atoms with van der Waals surface area (Å²) in [7, 11) is 0. The number of hydrogen-bond acceptors (Lipinski definition) is 5. The molecular weight excluding hydrogens is 348 g/mol. The van der Waals surface area contributed by atoms with Gasteiger partial charge in [-0.25, -0.2) is 4.68 Å². The Balaban J connectivity index is 1.80. The Labute approximate surface area is 148 Å². The van der Waals surface area contributed by atoms with E-state index in [1.54, 1.807) is 34.7 Å². The quantitative estimate of drug-likeness (QED) is 0.883. The lowest BCUT2D eigenvalue weighted by molar-refractivity contribution is -0.141. The van der Waals surface area contributed by atoms with E-state index in [0.29, 0.717) is 29.6 Å². The number of nitrogens with zero attached hydrogens (tertiary/aromatic N) is 4. The highest BCUT2D eigenvalue weighted by atomic mass is 35.5. The highest BCUT2D eigenvalue weighted by Gasteiger charge is 2.29. The van der Waals surface area contributed by atoms with Crippen molar-refractivity contribution in [2.75, 3.05) is 19.7 Å². The standard InChI is InChI=1S/C16H17ClN4O4/c1-10-15(18-19-21(10)12-4-2-3-11(17)7-12)16(24)20-5-6-25-13(9-20)8-14(22)23/h2-4,7,13H,5-6,8-9H2,1H3,(H,22,23)/t13-/m1/s1. The van der Waals surface area contributed by atoms with Crippen molar-refractivity contribution < 1.29 is 19.4 Å². The van der Waals surface area contributed by atoms with E-state index < -0.39 is 12.1 Å². The molecule has 1 atom stereocenters. The zero-order chi connectivity index (χ0) is 18.0. The zero-order valence-electron chi connectivity index (χ0n) is 13.6. The number of amides is 1. The molecule has 1 aliphatic heterocycles. The van der Waals surface area contributed by atoms with Gasteiger partial charge in [-0.1, -0.05) is 22.9 Å². The van der Waals surface area contributed by atoms with E-state index in [-0.39, 0.29) is 24.6 Å². The van der Waals surface area contributed by atoms with E-state index in [2.05, 4.69) is 10.3 Å². The fraction of sp³-hybridized carbons (Fsp3) is 0.375. The lowest BCUT2D eigenvalue weighted by Crippen LogP contribution is -2.46. The van der Waals surface area contributed by atoms with Crippen molar-refractivity contribution in [1.82, 2.24) is 19.9 Å². The Hall–Kier alpha value is -2.45. The first-order valence-corrected chi connectivity index (χ1v) is 8.14. The van der Waals surface area contributed by atoms with Crippen molar-refractivity contribution in [1.29, 1.82) is 0 Å². The fourth-order valence-corrected chi connectivity index (χ4v) is 2.94. The van der Waals surface area contributed by atoms with Crippen molar-refractivity contribution in [2.24, 2.45) is 0 Å². The lowest BCUT2D eigenvalue weighted by atomic mass is 10.2. The van der Waals surface area contributed by atoms with Crippen LogP contribution < -0.4 is 0 Å². The summed E-state index contributed by atoms with van der Waals surface area (Å²) in [5.41, 5.74) is 1.53. The monoisotopic (exact) mass is 364 g/mol. The smallest absolute Gasteiger partial charge is 0.306 e. The van der Waals surface area contributed by atoms with Crippen molar-refractivity contribution in [3.8, 4) is 5.69 Å². The Kier molecular flexibility index (Phi) is 5.00. The van der Waals surface area contributed by atoms with E-state index in [1.165, 1.54) is 0 Å². The average molecular weight is 365 g/mol. The molecule has 1 aromatic carbocycles. The molecule has 1 amide bonds. The molecule has 0 spiro atoms. The van der Waals surface area contributed by atoms with Gasteiger partial charge in [0.05, 0.1) is 30.5 Å². The number of carboxylic acid groups (broad SMARTS) is 1. The molecule has 3 rings (SSSR count). The van der Waals surface area contributed by atoms with Gasteiger partial charge in [-0.15, -0.1) is 5.10 Å². The van der Waals surface area contributed by atoms with Gasteiger partial charge in [-0.2, -0.15) is 0 Å². The van der Waals surface area contributed by atoms with E-state index in [4.69, 9.17) is 21.4 Å². The first-order valence-electron chi connectivity index (χ1n) is 7.76. The van der Waals surface area contributed by atoms with Crippen LogP contribution in [-0.4, -0.2) is 62.7 Å². The number of hydrogen-bond donors (Lipinski definition) is 1. The largest absolute Gasteiger partial charge is 0.481 e. The van der Waals surface area contributed by atoms with Gasteiger partial charge in [0.1, 0.15) is 0 Å². The normalized spacial score (nSPS) is 17.5. The number of carbonyl (C=O) groups excluding carboxylic acids is 1. The lowest BCUT2D eigenvalue weighted by Gasteiger charge is -2.31. The molecule has 2 aromatic rings. The van der Waals surface area contributed by atoms with Gasteiger partial charge in [-0.05, 0) is 25.1 Å². The summed E-state index contributed by atoms with van der Waals surface area (Å²) < 4.78 is 6.94. The molecule has 1 aromatic heterocycles. The SMILES string of the molecule is Cc1c(C(=O)N2CCO[C@H](CC(=O)O)C2)nnn1-c1cccc(Cl)c1. The minimum absolute atomic E-state index is 0.141. The fourth-order valence-electron chi connectivity index (χ4n) is 2.75. The topological polar surface area (TPSA) is 97.6 Å². The number of aliphatic carboxylic acids is 1. The second kappa shape index (κ2) is 7.20. The summed E-state index contributed by atoms with van der Waals surface area (Å²) in [4.78, 5) is 25.1. The molecule has 0 unspecified atom stereocenters. The number of halogens is 1. The van der Waals surface area contributed by atoms with Gasteiger partial charge in [0.2, 0.25) is 0 Å². The van der Waals surface area contributed by atoms with E-state index in [1.807, 2.05) is 6.07 Å². The Bertz CT molecular complexity index is 807. The Morgan fingerprint density at radius 2 is 2.24 bits per heavy atom. The minimum Gasteiger partial charge on any atom is -0.481 e. The molecule has 132 valence electrons. The van der Waals surface area contributed by atoms with Crippen LogP contribution in [0.5, 0.6) is 0 Å². The molecule has 9 heteroatoms. The molecule has 1 fully saturated rings. The molecule has 0 saturated carbocycles. The number of morpholine rings is 1. The van der Waals surface area contributed by atoms with Gasteiger partial charge >= 0.3 is 5.97 Å². The summed E-state index contributed by atoms with van der Waals surface area (Å²) in [6, 6.07) is 7.09. The Morgan fingerprint density at radius 3 is 2.96 bits per heavy atom. The van der Waals surface area contributed by atoms with E-state index in [9.17, 15) is 9.59 Å². The number of aromatic nitrogens is 3. The van der Waals surface area contributed by atoms with Crippen LogP contribution in [0.4, 0.5) is 0 Å². The number of rotatable bonds is 4. The third-order valence-electron chi connectivity index (χ3n) is 3.98. The van der Waals surface area contributed by atoms with E-state index >= 15 is 0 Å². The second-order valence-electron chi connectivity index (χ2n) is 5.76. The molecule has 1 saturated heterocycles. The maximum absolute atomic E-state index is 12.7. The summed E-state index contributed by atoms with van der Waals surface area (Å²) in [6.45, 7) is 2.65. The summed E-state index contributed by atoms with van der Waals surface area (Å²) in [6.07, 6.45) is -0.656. The highest BCUT2D eigenvalue weighted by molar-refractivity contribution is 6.30. The molecule has 2 heterocycles. The number of carbonyl (C=O) groups is 2. The summed E-state index contributed by atoms with van der Waals surface area (Å²) in [5.74, 6) is -1.24. The van der Waals surface area contributed by atoms with Crippen LogP contribution >= 0.6 is 11.6 Å². The second-order valence-corrected chi connectivity index (χ2v) is 6.19. The predicted octanol–water partition coefficient (Wildman–Crippen LogP) is 1.54. The molecule has 8 nitrogen and oxygen atoms in total. The maximum Gasteiger partial charge on any atom is 0.306 e. The third-order valence-corrected chi connectivity index (χ3v) is 4.21.